The molecule has 1 amide bonds. The molecule has 4 nitrogen and oxygen atoms in total. The number of benzene rings is 1. The zero-order chi connectivity index (χ0) is 14.5. The summed E-state index contributed by atoms with van der Waals surface area (Å²) < 4.78 is 18.0. The highest BCUT2D eigenvalue weighted by Gasteiger charge is 2.15. The van der Waals surface area contributed by atoms with E-state index in [4.69, 9.17) is 4.74 Å². The number of rotatable bonds is 4. The van der Waals surface area contributed by atoms with Gasteiger partial charge in [-0.15, -0.1) is 0 Å². The maximum atomic E-state index is 12.9. The molecule has 0 spiro atoms. The monoisotopic (exact) mass is 268 g/mol. The SMILES string of the molecule is Cc1cc(F)ccc1NCCNC(=O)OC(C)(C)C. The molecule has 0 unspecified atom stereocenters. The Labute approximate surface area is 113 Å². The molecule has 0 fully saturated rings. The highest BCUT2D eigenvalue weighted by molar-refractivity contribution is 5.67. The van der Waals surface area contributed by atoms with Crippen molar-refractivity contribution in [1.29, 1.82) is 0 Å². The first-order valence-electron chi connectivity index (χ1n) is 6.25. The van der Waals surface area contributed by atoms with E-state index in [0.29, 0.717) is 13.1 Å². The molecule has 1 rings (SSSR count). The lowest BCUT2D eigenvalue weighted by atomic mass is 10.2. The van der Waals surface area contributed by atoms with Gasteiger partial charge in [-0.3, -0.25) is 0 Å². The first-order chi connectivity index (χ1) is 8.78. The number of amides is 1. The fraction of sp³-hybridized carbons (Fsp3) is 0.500. The van der Waals surface area contributed by atoms with Crippen molar-refractivity contribution in [3.05, 3.63) is 29.6 Å². The van der Waals surface area contributed by atoms with Crippen LogP contribution in [0.25, 0.3) is 0 Å². The predicted octanol–water partition coefficient (Wildman–Crippen LogP) is 3.07. The summed E-state index contributed by atoms with van der Waals surface area (Å²) in [7, 11) is 0. The summed E-state index contributed by atoms with van der Waals surface area (Å²) in [4.78, 5) is 11.4. The van der Waals surface area contributed by atoms with E-state index >= 15 is 0 Å². The highest BCUT2D eigenvalue weighted by Crippen LogP contribution is 2.14. The van der Waals surface area contributed by atoms with Crippen molar-refractivity contribution >= 4 is 11.8 Å². The zero-order valence-electron chi connectivity index (χ0n) is 11.8. The second-order valence-electron chi connectivity index (χ2n) is 5.31. The average Bonchev–Trinajstić information content (AvgIpc) is 2.24. The van der Waals surface area contributed by atoms with Gasteiger partial charge in [0.05, 0.1) is 0 Å². The molecule has 19 heavy (non-hydrogen) atoms. The largest absolute Gasteiger partial charge is 0.444 e. The number of nitrogens with one attached hydrogen (secondary N) is 2. The third kappa shape index (κ3) is 6.08. The van der Waals surface area contributed by atoms with E-state index in [2.05, 4.69) is 10.6 Å². The Kier molecular flexibility index (Phi) is 5.15. The van der Waals surface area contributed by atoms with Crippen LogP contribution in [0, 0.1) is 12.7 Å². The van der Waals surface area contributed by atoms with Gasteiger partial charge in [0.2, 0.25) is 0 Å². The maximum absolute atomic E-state index is 12.9. The van der Waals surface area contributed by atoms with Crippen LogP contribution in [0.4, 0.5) is 14.9 Å². The number of aryl methyl sites for hydroxylation is 1. The van der Waals surface area contributed by atoms with Gasteiger partial charge in [0.25, 0.3) is 0 Å². The molecular formula is C14H21FN2O2. The first-order valence-corrected chi connectivity index (χ1v) is 6.25. The maximum Gasteiger partial charge on any atom is 0.407 e. The molecule has 0 saturated heterocycles. The van der Waals surface area contributed by atoms with Crippen LogP contribution in [-0.2, 0) is 4.74 Å². The predicted molar refractivity (Wildman–Crippen MR) is 73.9 cm³/mol. The second-order valence-corrected chi connectivity index (χ2v) is 5.31. The van der Waals surface area contributed by atoms with Crippen molar-refractivity contribution in [2.24, 2.45) is 0 Å². The molecule has 106 valence electrons. The normalized spacial score (nSPS) is 11.0. The van der Waals surface area contributed by atoms with Crippen molar-refractivity contribution in [3.8, 4) is 0 Å². The van der Waals surface area contributed by atoms with Gasteiger partial charge in [0.15, 0.2) is 0 Å². The Morgan fingerprint density at radius 1 is 1.32 bits per heavy atom. The van der Waals surface area contributed by atoms with Gasteiger partial charge in [-0.1, -0.05) is 0 Å². The van der Waals surface area contributed by atoms with Crippen LogP contribution in [0.3, 0.4) is 0 Å². The lowest BCUT2D eigenvalue weighted by molar-refractivity contribution is 0.0530. The second kappa shape index (κ2) is 6.41. The van der Waals surface area contributed by atoms with E-state index < -0.39 is 11.7 Å². The van der Waals surface area contributed by atoms with Crippen LogP contribution in [0.15, 0.2) is 18.2 Å². The summed E-state index contributed by atoms with van der Waals surface area (Å²) in [5.74, 6) is -0.255. The number of anilines is 1. The Balaban J connectivity index is 2.29. The molecule has 5 heteroatoms. The van der Waals surface area contributed by atoms with E-state index in [1.54, 1.807) is 6.07 Å². The van der Waals surface area contributed by atoms with Gasteiger partial charge in [-0.25, -0.2) is 9.18 Å². The van der Waals surface area contributed by atoms with Gasteiger partial charge in [-0.05, 0) is 51.5 Å². The lowest BCUT2D eigenvalue weighted by Gasteiger charge is -2.19. The van der Waals surface area contributed by atoms with Crippen molar-refractivity contribution in [2.45, 2.75) is 33.3 Å². The molecule has 0 aliphatic carbocycles. The van der Waals surface area contributed by atoms with Crippen LogP contribution in [0.2, 0.25) is 0 Å². The summed E-state index contributed by atoms with van der Waals surface area (Å²) in [5, 5.41) is 5.76. The summed E-state index contributed by atoms with van der Waals surface area (Å²) in [6.07, 6.45) is -0.440. The molecular weight excluding hydrogens is 247 g/mol. The number of halogens is 1. The van der Waals surface area contributed by atoms with E-state index in [0.717, 1.165) is 11.3 Å². The van der Waals surface area contributed by atoms with E-state index in [9.17, 15) is 9.18 Å². The Morgan fingerprint density at radius 3 is 2.58 bits per heavy atom. The van der Waals surface area contributed by atoms with Gasteiger partial charge >= 0.3 is 6.09 Å². The molecule has 0 bridgehead atoms. The zero-order valence-corrected chi connectivity index (χ0v) is 11.8. The third-order valence-corrected chi connectivity index (χ3v) is 2.30. The van der Waals surface area contributed by atoms with Crippen molar-refractivity contribution in [2.75, 3.05) is 18.4 Å². The van der Waals surface area contributed by atoms with Gasteiger partial charge in [0, 0.05) is 18.8 Å². The summed E-state index contributed by atoms with van der Waals surface area (Å²) in [5.41, 5.74) is 1.19. The number of carbonyl (C=O) groups excluding carboxylic acids is 1. The molecule has 1 aromatic rings. The van der Waals surface area contributed by atoms with E-state index in [-0.39, 0.29) is 5.82 Å². The molecule has 0 radical (unpaired) electrons. The lowest BCUT2D eigenvalue weighted by Crippen LogP contribution is -2.35. The van der Waals surface area contributed by atoms with Crippen LogP contribution < -0.4 is 10.6 Å². The minimum absolute atomic E-state index is 0.255. The number of ether oxygens (including phenoxy) is 1. The van der Waals surface area contributed by atoms with Crippen molar-refractivity contribution < 1.29 is 13.9 Å². The molecule has 0 atom stereocenters. The summed E-state index contributed by atoms with van der Waals surface area (Å²) >= 11 is 0. The minimum Gasteiger partial charge on any atom is -0.444 e. The Morgan fingerprint density at radius 2 is 2.00 bits per heavy atom. The van der Waals surface area contributed by atoms with Crippen LogP contribution >= 0.6 is 0 Å². The number of hydrogen-bond acceptors (Lipinski definition) is 3. The van der Waals surface area contributed by atoms with Gasteiger partial charge in [-0.2, -0.15) is 0 Å². The molecule has 0 aromatic heterocycles. The quantitative estimate of drug-likeness (QED) is 0.825. The minimum atomic E-state index is -0.495. The summed E-state index contributed by atoms with van der Waals surface area (Å²) in [6, 6.07) is 4.54. The van der Waals surface area contributed by atoms with Gasteiger partial charge in [0.1, 0.15) is 11.4 Å². The summed E-state index contributed by atoms with van der Waals surface area (Å²) in [6.45, 7) is 8.25. The molecule has 0 saturated carbocycles. The number of carbonyl (C=O) groups is 1. The average molecular weight is 268 g/mol. The standard InChI is InChI=1S/C14H21FN2O2/c1-10-9-11(15)5-6-12(10)16-7-8-17-13(18)19-14(2,3)4/h5-6,9,16H,7-8H2,1-4H3,(H,17,18). The van der Waals surface area contributed by atoms with Crippen molar-refractivity contribution in [1.82, 2.24) is 5.32 Å². The van der Waals surface area contributed by atoms with Crippen LogP contribution in [0.5, 0.6) is 0 Å². The highest BCUT2D eigenvalue weighted by atomic mass is 19.1. The third-order valence-electron chi connectivity index (χ3n) is 2.30. The van der Waals surface area contributed by atoms with E-state index in [1.165, 1.54) is 12.1 Å². The molecule has 2 N–H and O–H groups in total. The smallest absolute Gasteiger partial charge is 0.407 e. The molecule has 0 heterocycles. The molecule has 0 aliphatic heterocycles. The van der Waals surface area contributed by atoms with Gasteiger partial charge < -0.3 is 15.4 Å². The Bertz CT molecular complexity index is 442. The van der Waals surface area contributed by atoms with Crippen LogP contribution in [-0.4, -0.2) is 24.8 Å². The Hall–Kier alpha value is -1.78. The molecule has 1 aromatic carbocycles. The topological polar surface area (TPSA) is 50.4 Å². The number of alkyl carbamates (subject to hydrolysis) is 1. The number of hydrogen-bond donors (Lipinski definition) is 2. The van der Waals surface area contributed by atoms with E-state index in [1.807, 2.05) is 27.7 Å². The van der Waals surface area contributed by atoms with Crippen molar-refractivity contribution in [3.63, 3.8) is 0 Å². The fourth-order valence-corrected chi connectivity index (χ4v) is 1.50. The fourth-order valence-electron chi connectivity index (χ4n) is 1.50. The first kappa shape index (κ1) is 15.3. The van der Waals surface area contributed by atoms with Crippen LogP contribution in [0.1, 0.15) is 26.3 Å². The molecule has 0 aliphatic rings.